The number of rotatable bonds is 5. The van der Waals surface area contributed by atoms with Gasteiger partial charge in [0.15, 0.2) is 0 Å². The summed E-state index contributed by atoms with van der Waals surface area (Å²) in [5.74, 6) is 0. The van der Waals surface area contributed by atoms with E-state index in [1.54, 1.807) is 4.88 Å². The molecule has 1 saturated heterocycles. The molecule has 1 aliphatic carbocycles. The van der Waals surface area contributed by atoms with Crippen LogP contribution < -0.4 is 5.32 Å². The molecule has 2 aliphatic rings. The molecular formula is C16H26N2S. The average molecular weight is 278 g/mol. The number of hydrogen-bond donors (Lipinski definition) is 1. The van der Waals surface area contributed by atoms with Gasteiger partial charge >= 0.3 is 0 Å². The highest BCUT2D eigenvalue weighted by atomic mass is 32.1. The molecule has 2 atom stereocenters. The number of nitrogens with zero attached hydrogens (tertiary/aromatic N) is 1. The van der Waals surface area contributed by atoms with E-state index in [1.807, 2.05) is 11.3 Å². The van der Waals surface area contributed by atoms with Crippen LogP contribution in [0.15, 0.2) is 12.1 Å². The Labute approximate surface area is 121 Å². The summed E-state index contributed by atoms with van der Waals surface area (Å²) in [6.07, 6.45) is 6.94. The predicted octanol–water partition coefficient (Wildman–Crippen LogP) is 3.72. The normalized spacial score (nSPS) is 25.7. The molecule has 0 radical (unpaired) electrons. The molecule has 2 heterocycles. The van der Waals surface area contributed by atoms with Crippen LogP contribution in [0.2, 0.25) is 0 Å². The largest absolute Gasteiger partial charge is 0.313 e. The summed E-state index contributed by atoms with van der Waals surface area (Å²) < 4.78 is 0. The van der Waals surface area contributed by atoms with Gasteiger partial charge in [0, 0.05) is 34.4 Å². The Bertz CT molecular complexity index is 405. The number of aryl methyl sites for hydroxylation is 1. The maximum atomic E-state index is 3.71. The summed E-state index contributed by atoms with van der Waals surface area (Å²) in [5.41, 5.74) is 0. The molecule has 2 fully saturated rings. The number of hydrogen-bond acceptors (Lipinski definition) is 3. The smallest absolute Gasteiger partial charge is 0.0416 e. The molecule has 1 saturated carbocycles. The second-order valence-electron chi connectivity index (χ2n) is 6.20. The van der Waals surface area contributed by atoms with Crippen LogP contribution in [0.25, 0.3) is 0 Å². The van der Waals surface area contributed by atoms with Crippen LogP contribution in [0.3, 0.4) is 0 Å². The Hall–Kier alpha value is -0.380. The minimum absolute atomic E-state index is 0.593. The highest BCUT2D eigenvalue weighted by molar-refractivity contribution is 7.12. The van der Waals surface area contributed by atoms with E-state index < -0.39 is 0 Å². The Kier molecular flexibility index (Phi) is 4.25. The molecular weight excluding hydrogens is 252 g/mol. The lowest BCUT2D eigenvalue weighted by atomic mass is 10.0. The first-order valence-electron chi connectivity index (χ1n) is 7.79. The fourth-order valence-corrected chi connectivity index (χ4v) is 4.16. The van der Waals surface area contributed by atoms with Crippen LogP contribution in [0.1, 0.15) is 54.8 Å². The van der Waals surface area contributed by atoms with E-state index in [-0.39, 0.29) is 0 Å². The highest BCUT2D eigenvalue weighted by Crippen LogP contribution is 2.36. The van der Waals surface area contributed by atoms with E-state index in [2.05, 4.69) is 36.2 Å². The van der Waals surface area contributed by atoms with E-state index in [0.29, 0.717) is 6.04 Å². The van der Waals surface area contributed by atoms with Gasteiger partial charge in [0.05, 0.1) is 0 Å². The van der Waals surface area contributed by atoms with Crippen LogP contribution in [-0.4, -0.2) is 30.1 Å². The van der Waals surface area contributed by atoms with Crippen molar-refractivity contribution in [2.75, 3.05) is 13.1 Å². The fourth-order valence-electron chi connectivity index (χ4n) is 3.21. The van der Waals surface area contributed by atoms with Crippen LogP contribution in [0.5, 0.6) is 0 Å². The first-order valence-corrected chi connectivity index (χ1v) is 8.61. The maximum Gasteiger partial charge on any atom is 0.0416 e. The molecule has 3 rings (SSSR count). The summed E-state index contributed by atoms with van der Waals surface area (Å²) in [6.45, 7) is 7.07. The highest BCUT2D eigenvalue weighted by Gasteiger charge is 2.34. The van der Waals surface area contributed by atoms with Gasteiger partial charge in [-0.1, -0.05) is 6.42 Å². The van der Waals surface area contributed by atoms with Gasteiger partial charge in [-0.05, 0) is 58.2 Å². The molecule has 3 heteroatoms. The second-order valence-corrected chi connectivity index (χ2v) is 7.52. The van der Waals surface area contributed by atoms with E-state index in [9.17, 15) is 0 Å². The summed E-state index contributed by atoms with van der Waals surface area (Å²) in [6, 6.07) is 6.75. The maximum absolute atomic E-state index is 3.71. The monoisotopic (exact) mass is 278 g/mol. The molecule has 1 aliphatic heterocycles. The van der Waals surface area contributed by atoms with Gasteiger partial charge in [-0.15, -0.1) is 11.3 Å². The predicted molar refractivity (Wildman–Crippen MR) is 82.8 cm³/mol. The van der Waals surface area contributed by atoms with Crippen molar-refractivity contribution in [1.29, 1.82) is 0 Å². The molecule has 0 aromatic carbocycles. The third-order valence-corrected chi connectivity index (χ3v) is 5.70. The molecule has 19 heavy (non-hydrogen) atoms. The SMILES string of the molecule is Cc1ccc(C(C)N(CC2CCCCN2)C2CC2)s1. The lowest BCUT2D eigenvalue weighted by molar-refractivity contribution is 0.169. The Morgan fingerprint density at radius 2 is 2.16 bits per heavy atom. The quantitative estimate of drug-likeness (QED) is 0.883. The number of nitrogens with one attached hydrogen (secondary N) is 1. The Morgan fingerprint density at radius 1 is 1.32 bits per heavy atom. The zero-order chi connectivity index (χ0) is 13.2. The molecule has 2 nitrogen and oxygen atoms in total. The van der Waals surface area contributed by atoms with Gasteiger partial charge in [-0.3, -0.25) is 4.90 Å². The number of thiophene rings is 1. The van der Waals surface area contributed by atoms with E-state index in [1.165, 1.54) is 50.1 Å². The van der Waals surface area contributed by atoms with E-state index in [0.717, 1.165) is 12.1 Å². The molecule has 1 aromatic heterocycles. The zero-order valence-electron chi connectivity index (χ0n) is 12.2. The molecule has 106 valence electrons. The zero-order valence-corrected chi connectivity index (χ0v) is 13.0. The molecule has 2 unspecified atom stereocenters. The molecule has 0 spiro atoms. The number of piperidine rings is 1. The lowest BCUT2D eigenvalue weighted by Gasteiger charge is -2.34. The topological polar surface area (TPSA) is 15.3 Å². The third kappa shape index (κ3) is 3.39. The summed E-state index contributed by atoms with van der Waals surface area (Å²) in [7, 11) is 0. The van der Waals surface area contributed by atoms with Crippen LogP contribution in [0.4, 0.5) is 0 Å². The third-order valence-electron chi connectivity index (χ3n) is 4.53. The average Bonchev–Trinajstić information content (AvgIpc) is 3.18. The minimum Gasteiger partial charge on any atom is -0.313 e. The van der Waals surface area contributed by atoms with Gasteiger partial charge in [0.2, 0.25) is 0 Å². The van der Waals surface area contributed by atoms with Crippen molar-refractivity contribution < 1.29 is 0 Å². The van der Waals surface area contributed by atoms with Gasteiger partial charge in [-0.25, -0.2) is 0 Å². The van der Waals surface area contributed by atoms with Gasteiger partial charge in [0.1, 0.15) is 0 Å². The van der Waals surface area contributed by atoms with Crippen molar-refractivity contribution in [2.45, 2.75) is 64.1 Å². The van der Waals surface area contributed by atoms with Crippen LogP contribution in [0, 0.1) is 6.92 Å². The second kappa shape index (κ2) is 5.94. The Morgan fingerprint density at radius 3 is 2.74 bits per heavy atom. The standard InChI is InChI=1S/C16H26N2S/c1-12-6-9-16(19-12)13(2)18(15-7-8-15)11-14-5-3-4-10-17-14/h6,9,13-15,17H,3-5,7-8,10-11H2,1-2H3. The van der Waals surface area contributed by atoms with Crippen molar-refractivity contribution in [1.82, 2.24) is 10.2 Å². The van der Waals surface area contributed by atoms with E-state index in [4.69, 9.17) is 0 Å². The van der Waals surface area contributed by atoms with Crippen molar-refractivity contribution in [3.63, 3.8) is 0 Å². The summed E-state index contributed by atoms with van der Waals surface area (Å²) in [5, 5.41) is 3.71. The van der Waals surface area contributed by atoms with Gasteiger partial charge in [0.25, 0.3) is 0 Å². The summed E-state index contributed by atoms with van der Waals surface area (Å²) in [4.78, 5) is 5.74. The van der Waals surface area contributed by atoms with Crippen molar-refractivity contribution in [3.8, 4) is 0 Å². The van der Waals surface area contributed by atoms with Crippen molar-refractivity contribution in [3.05, 3.63) is 21.9 Å². The van der Waals surface area contributed by atoms with Crippen LogP contribution in [-0.2, 0) is 0 Å². The first-order chi connectivity index (χ1) is 9.24. The lowest BCUT2D eigenvalue weighted by Crippen LogP contribution is -2.45. The van der Waals surface area contributed by atoms with Gasteiger partial charge < -0.3 is 5.32 Å². The van der Waals surface area contributed by atoms with Gasteiger partial charge in [-0.2, -0.15) is 0 Å². The van der Waals surface area contributed by atoms with Crippen molar-refractivity contribution in [2.24, 2.45) is 0 Å². The summed E-state index contributed by atoms with van der Waals surface area (Å²) >= 11 is 1.97. The van der Waals surface area contributed by atoms with Crippen molar-refractivity contribution >= 4 is 11.3 Å². The molecule has 0 bridgehead atoms. The molecule has 1 N–H and O–H groups in total. The minimum atomic E-state index is 0.593. The fraction of sp³-hybridized carbons (Fsp3) is 0.750. The molecule has 0 amide bonds. The van der Waals surface area contributed by atoms with E-state index >= 15 is 0 Å². The van der Waals surface area contributed by atoms with Crippen LogP contribution >= 0.6 is 11.3 Å². The Balaban J connectivity index is 1.66. The molecule has 1 aromatic rings. The first kappa shape index (κ1) is 13.6.